The number of nitrogens with one attached hydrogen (secondary N) is 3. The molecule has 49 heavy (non-hydrogen) atoms. The zero-order valence-electron chi connectivity index (χ0n) is 27.8. The SMILES string of the molecule is Cc1cc(C[C@H]2NOCc3cnc4c(c3)C[C@@]3(C4)C(=O)Nc4ncc(cc43)/C=C/COCCOCCOCCN(C)C2=O)cc2cn[nH]c12. The van der Waals surface area contributed by atoms with Crippen LogP contribution in [0.25, 0.3) is 17.0 Å². The van der Waals surface area contributed by atoms with Crippen LogP contribution >= 0.6 is 0 Å². The van der Waals surface area contributed by atoms with Gasteiger partial charge < -0.3 is 24.4 Å². The van der Waals surface area contributed by atoms with Crippen LogP contribution in [0.1, 0.15) is 39.1 Å². The molecule has 2 amide bonds. The number of rotatable bonds is 2. The maximum Gasteiger partial charge on any atom is 0.242 e. The number of H-pyrrole nitrogens is 1. The Morgan fingerprint density at radius 2 is 1.80 bits per heavy atom. The molecule has 256 valence electrons. The molecule has 3 N–H and O–H groups in total. The van der Waals surface area contributed by atoms with Gasteiger partial charge in [0.05, 0.1) is 63.4 Å². The van der Waals surface area contributed by atoms with E-state index >= 15 is 0 Å². The number of hydrogen-bond acceptors (Lipinski definition) is 10. The maximum atomic E-state index is 13.7. The number of hydroxylamine groups is 1. The number of carbonyl (C=O) groups is 2. The third-order valence-corrected chi connectivity index (χ3v) is 9.39. The van der Waals surface area contributed by atoms with Crippen LogP contribution in [0.4, 0.5) is 5.82 Å². The average Bonchev–Trinajstić information content (AvgIpc) is 3.80. The summed E-state index contributed by atoms with van der Waals surface area (Å²) in [5, 5.41) is 11.2. The highest BCUT2D eigenvalue weighted by atomic mass is 16.6. The molecule has 13 nitrogen and oxygen atoms in total. The minimum Gasteiger partial charge on any atom is -0.377 e. The number of aromatic amines is 1. The van der Waals surface area contributed by atoms with Crippen molar-refractivity contribution in [1.29, 1.82) is 0 Å². The number of benzene rings is 1. The first-order chi connectivity index (χ1) is 23.9. The number of carbonyl (C=O) groups excluding carboxylic acids is 2. The molecule has 0 saturated carbocycles. The molecule has 5 bridgehead atoms. The van der Waals surface area contributed by atoms with Gasteiger partial charge >= 0.3 is 0 Å². The van der Waals surface area contributed by atoms with E-state index in [1.165, 1.54) is 0 Å². The Kier molecular flexibility index (Phi) is 9.78. The summed E-state index contributed by atoms with van der Waals surface area (Å²) in [6.45, 7) is 5.15. The first-order valence-corrected chi connectivity index (χ1v) is 16.6. The Balaban J connectivity index is 1.11. The maximum absolute atomic E-state index is 13.7. The second kappa shape index (κ2) is 14.5. The lowest BCUT2D eigenvalue weighted by Gasteiger charge is -2.25. The molecule has 5 heterocycles. The molecule has 13 heteroatoms. The van der Waals surface area contributed by atoms with Crippen molar-refractivity contribution in [3.63, 3.8) is 0 Å². The van der Waals surface area contributed by atoms with Crippen molar-refractivity contribution >= 4 is 34.6 Å². The van der Waals surface area contributed by atoms with Gasteiger partial charge in [-0.3, -0.25) is 24.5 Å². The fourth-order valence-corrected chi connectivity index (χ4v) is 6.81. The summed E-state index contributed by atoms with van der Waals surface area (Å²) >= 11 is 0. The molecule has 3 aliphatic rings. The van der Waals surface area contributed by atoms with Gasteiger partial charge in [0.15, 0.2) is 0 Å². The molecule has 0 fully saturated rings. The van der Waals surface area contributed by atoms with E-state index in [1.54, 1.807) is 30.5 Å². The van der Waals surface area contributed by atoms with Crippen LogP contribution in [-0.2, 0) is 59.9 Å². The minimum atomic E-state index is -0.766. The summed E-state index contributed by atoms with van der Waals surface area (Å²) in [5.74, 6) is 0.409. The Hall–Kier alpha value is -4.53. The van der Waals surface area contributed by atoms with Crippen molar-refractivity contribution in [3.8, 4) is 0 Å². The van der Waals surface area contributed by atoms with E-state index in [0.29, 0.717) is 71.3 Å². The molecule has 0 unspecified atom stereocenters. The molecule has 2 atom stereocenters. The standard InChI is InChI=1S/C36H41N7O6/c1-23-12-25(13-28-21-39-41-32(23)28)16-30-34(44)43(2)5-7-47-9-11-48-10-8-46-6-3-4-24-15-29-33(38-19-24)40-35(45)36(29)17-27-14-26(22-49-42-30)20-37-31(27)18-36/h3-4,12-15,19-21,30,42H,5-11,16-18,22H2,1-2H3,(H,39,41)(H,38,40,45)/b4-3+/t30-,36+/m1/s1. The quantitative estimate of drug-likeness (QED) is 0.291. The summed E-state index contributed by atoms with van der Waals surface area (Å²) in [5.41, 5.74) is 9.79. The molecule has 0 radical (unpaired) electrons. The van der Waals surface area contributed by atoms with Gasteiger partial charge in [0, 0.05) is 49.1 Å². The highest BCUT2D eigenvalue weighted by Gasteiger charge is 2.51. The number of anilines is 1. The van der Waals surface area contributed by atoms with Crippen molar-refractivity contribution in [2.45, 2.75) is 44.2 Å². The average molecular weight is 668 g/mol. The van der Waals surface area contributed by atoms with Crippen molar-refractivity contribution < 1.29 is 28.6 Å². The number of fused-ring (bicyclic) bond motifs is 3. The van der Waals surface area contributed by atoms with E-state index in [9.17, 15) is 9.59 Å². The Morgan fingerprint density at radius 3 is 2.67 bits per heavy atom. The van der Waals surface area contributed by atoms with Gasteiger partial charge in [-0.25, -0.2) is 4.98 Å². The van der Waals surface area contributed by atoms with Gasteiger partial charge in [-0.05, 0) is 59.7 Å². The van der Waals surface area contributed by atoms with E-state index in [-0.39, 0.29) is 18.4 Å². The monoisotopic (exact) mass is 667 g/mol. The molecule has 2 aliphatic heterocycles. The normalized spacial score (nSPS) is 23.2. The first-order valence-electron chi connectivity index (χ1n) is 16.6. The third kappa shape index (κ3) is 7.12. The zero-order chi connectivity index (χ0) is 33.8. The molecule has 0 saturated heterocycles. The van der Waals surface area contributed by atoms with Gasteiger partial charge in [-0.2, -0.15) is 10.6 Å². The third-order valence-electron chi connectivity index (χ3n) is 9.39. The van der Waals surface area contributed by atoms with E-state index in [2.05, 4.69) is 32.0 Å². The predicted molar refractivity (Wildman–Crippen MR) is 182 cm³/mol. The summed E-state index contributed by atoms with van der Waals surface area (Å²) in [6, 6.07) is 7.52. The molecule has 1 spiro atoms. The molecule has 7 rings (SSSR count). The van der Waals surface area contributed by atoms with Gasteiger partial charge in [0.1, 0.15) is 11.9 Å². The van der Waals surface area contributed by atoms with Crippen molar-refractivity contribution in [1.82, 2.24) is 30.5 Å². The fourth-order valence-electron chi connectivity index (χ4n) is 6.81. The van der Waals surface area contributed by atoms with Crippen LogP contribution in [-0.4, -0.2) is 96.2 Å². The number of hydrogen-bond donors (Lipinski definition) is 3. The first kappa shape index (κ1) is 33.0. The lowest BCUT2D eigenvalue weighted by atomic mass is 9.79. The molecule has 1 aliphatic carbocycles. The number of ether oxygens (including phenoxy) is 3. The lowest BCUT2D eigenvalue weighted by Crippen LogP contribution is -2.47. The topological polar surface area (TPSA) is 153 Å². The Morgan fingerprint density at radius 1 is 0.959 bits per heavy atom. The van der Waals surface area contributed by atoms with Gasteiger partial charge in [0.25, 0.3) is 0 Å². The van der Waals surface area contributed by atoms with Crippen LogP contribution in [0.5, 0.6) is 0 Å². The smallest absolute Gasteiger partial charge is 0.242 e. The van der Waals surface area contributed by atoms with Gasteiger partial charge in [-0.15, -0.1) is 0 Å². The second-order valence-electron chi connectivity index (χ2n) is 12.9. The van der Waals surface area contributed by atoms with Crippen LogP contribution in [0, 0.1) is 6.92 Å². The van der Waals surface area contributed by atoms with Crippen molar-refractivity contribution in [3.05, 3.63) is 88.0 Å². The molecule has 1 aromatic carbocycles. The summed E-state index contributed by atoms with van der Waals surface area (Å²) in [6.07, 6.45) is 10.6. The number of pyridine rings is 2. The van der Waals surface area contributed by atoms with Crippen molar-refractivity contribution in [2.75, 3.05) is 58.6 Å². The van der Waals surface area contributed by atoms with Crippen LogP contribution < -0.4 is 10.8 Å². The minimum absolute atomic E-state index is 0.0650. The zero-order valence-corrected chi connectivity index (χ0v) is 27.8. The number of likely N-dealkylation sites (N-methyl/N-ethyl adjacent to an activating group) is 1. The molecular formula is C36H41N7O6. The van der Waals surface area contributed by atoms with E-state index < -0.39 is 11.5 Å². The van der Waals surface area contributed by atoms with Gasteiger partial charge in [0.2, 0.25) is 11.8 Å². The lowest BCUT2D eigenvalue weighted by molar-refractivity contribution is -0.137. The van der Waals surface area contributed by atoms with E-state index in [1.807, 2.05) is 37.3 Å². The van der Waals surface area contributed by atoms with Crippen LogP contribution in [0.15, 0.2) is 48.9 Å². The number of aryl methyl sites for hydroxylation is 1. The predicted octanol–water partition coefficient (Wildman–Crippen LogP) is 2.82. The van der Waals surface area contributed by atoms with Crippen molar-refractivity contribution in [2.24, 2.45) is 0 Å². The fraction of sp³-hybridized carbons (Fsp3) is 0.417. The highest BCUT2D eigenvalue weighted by Crippen LogP contribution is 2.46. The molecule has 4 aromatic rings. The molecular weight excluding hydrogens is 626 g/mol. The number of aromatic nitrogens is 4. The van der Waals surface area contributed by atoms with Crippen LogP contribution in [0.3, 0.4) is 0 Å². The number of amides is 2. The van der Waals surface area contributed by atoms with Gasteiger partial charge in [-0.1, -0.05) is 24.3 Å². The summed E-state index contributed by atoms with van der Waals surface area (Å²) in [4.78, 5) is 44.1. The van der Waals surface area contributed by atoms with E-state index in [4.69, 9.17) is 24.0 Å². The molecule has 3 aromatic heterocycles. The Bertz CT molecular complexity index is 1880. The van der Waals surface area contributed by atoms with Crippen LogP contribution in [0.2, 0.25) is 0 Å². The second-order valence-corrected chi connectivity index (χ2v) is 12.9. The largest absolute Gasteiger partial charge is 0.377 e. The summed E-state index contributed by atoms with van der Waals surface area (Å²) < 4.78 is 17.1. The van der Waals surface area contributed by atoms with E-state index in [0.717, 1.165) is 50.0 Å². The Labute approximate surface area is 284 Å². The number of nitrogens with zero attached hydrogens (tertiary/aromatic N) is 4. The summed E-state index contributed by atoms with van der Waals surface area (Å²) in [7, 11) is 1.76. The highest BCUT2D eigenvalue weighted by molar-refractivity contribution is 6.06.